The van der Waals surface area contributed by atoms with Crippen LogP contribution in [0.3, 0.4) is 0 Å². The molecule has 1 aromatic rings. The number of rotatable bonds is 5. The fourth-order valence-electron chi connectivity index (χ4n) is 1.36. The molecule has 1 rings (SSSR count). The molecule has 2 nitrogen and oxygen atoms in total. The van der Waals surface area contributed by atoms with Crippen LogP contribution in [-0.2, 0) is 6.42 Å². The lowest BCUT2D eigenvalue weighted by Crippen LogP contribution is -2.30. The van der Waals surface area contributed by atoms with Gasteiger partial charge in [-0.2, -0.15) is 0 Å². The first-order valence-electron chi connectivity index (χ1n) is 4.99. The minimum Gasteiger partial charge on any atom is -0.390 e. The topological polar surface area (TPSA) is 40.5 Å². The van der Waals surface area contributed by atoms with E-state index in [1.807, 2.05) is 25.3 Å². The third-order valence-electron chi connectivity index (χ3n) is 2.34. The number of hydrogen-bond donors (Lipinski definition) is 2. The molecule has 0 aliphatic rings. The first-order valence-corrected chi connectivity index (χ1v) is 5.87. The van der Waals surface area contributed by atoms with E-state index in [0.717, 1.165) is 6.42 Å². The SMILES string of the molecule is CC(C)C(O)C(O)CCc1cccs1. The van der Waals surface area contributed by atoms with Gasteiger partial charge in [0.25, 0.3) is 0 Å². The third kappa shape index (κ3) is 3.40. The van der Waals surface area contributed by atoms with Gasteiger partial charge >= 0.3 is 0 Å². The fourth-order valence-corrected chi connectivity index (χ4v) is 2.08. The molecule has 0 fully saturated rings. The molecule has 0 aliphatic carbocycles. The van der Waals surface area contributed by atoms with E-state index in [1.54, 1.807) is 11.3 Å². The molecule has 0 amide bonds. The zero-order chi connectivity index (χ0) is 10.6. The summed E-state index contributed by atoms with van der Waals surface area (Å²) in [5.74, 6) is 0.119. The average Bonchev–Trinajstić information content (AvgIpc) is 2.65. The molecule has 0 bridgehead atoms. The van der Waals surface area contributed by atoms with Crippen molar-refractivity contribution in [3.63, 3.8) is 0 Å². The van der Waals surface area contributed by atoms with Crippen LogP contribution in [0.25, 0.3) is 0 Å². The number of hydrogen-bond acceptors (Lipinski definition) is 3. The Morgan fingerprint density at radius 2 is 2.07 bits per heavy atom. The number of aliphatic hydroxyl groups excluding tert-OH is 2. The first kappa shape index (κ1) is 11.7. The van der Waals surface area contributed by atoms with Crippen LogP contribution in [-0.4, -0.2) is 22.4 Å². The minimum absolute atomic E-state index is 0.119. The molecule has 3 heteroatoms. The second kappa shape index (κ2) is 5.49. The first-order chi connectivity index (χ1) is 6.61. The average molecular weight is 214 g/mol. The maximum atomic E-state index is 9.64. The third-order valence-corrected chi connectivity index (χ3v) is 3.28. The summed E-state index contributed by atoms with van der Waals surface area (Å²) in [4.78, 5) is 1.26. The van der Waals surface area contributed by atoms with Crippen LogP contribution in [0.15, 0.2) is 17.5 Å². The lowest BCUT2D eigenvalue weighted by molar-refractivity contribution is -0.0117. The summed E-state index contributed by atoms with van der Waals surface area (Å²) >= 11 is 1.69. The van der Waals surface area contributed by atoms with E-state index in [-0.39, 0.29) is 5.92 Å². The lowest BCUT2D eigenvalue weighted by atomic mass is 9.98. The van der Waals surface area contributed by atoms with E-state index in [4.69, 9.17) is 0 Å². The van der Waals surface area contributed by atoms with Crippen molar-refractivity contribution in [1.29, 1.82) is 0 Å². The summed E-state index contributed by atoms with van der Waals surface area (Å²) in [7, 11) is 0. The predicted molar refractivity (Wildman–Crippen MR) is 59.5 cm³/mol. The van der Waals surface area contributed by atoms with Gasteiger partial charge in [-0.15, -0.1) is 11.3 Å². The van der Waals surface area contributed by atoms with Gasteiger partial charge in [-0.3, -0.25) is 0 Å². The smallest absolute Gasteiger partial charge is 0.0822 e. The van der Waals surface area contributed by atoms with Gasteiger partial charge in [-0.05, 0) is 30.2 Å². The zero-order valence-electron chi connectivity index (χ0n) is 8.68. The van der Waals surface area contributed by atoms with Crippen molar-refractivity contribution >= 4 is 11.3 Å². The molecular formula is C11H18O2S. The summed E-state index contributed by atoms with van der Waals surface area (Å²) in [5.41, 5.74) is 0. The molecule has 1 heterocycles. The summed E-state index contributed by atoms with van der Waals surface area (Å²) in [6, 6.07) is 4.06. The van der Waals surface area contributed by atoms with Gasteiger partial charge in [0.1, 0.15) is 0 Å². The second-order valence-electron chi connectivity index (χ2n) is 3.92. The molecule has 0 saturated heterocycles. The Balaban J connectivity index is 2.31. The van der Waals surface area contributed by atoms with Crippen LogP contribution >= 0.6 is 11.3 Å². The van der Waals surface area contributed by atoms with Crippen molar-refractivity contribution in [1.82, 2.24) is 0 Å². The molecule has 2 atom stereocenters. The Kier molecular flexibility index (Phi) is 4.58. The Morgan fingerprint density at radius 1 is 1.36 bits per heavy atom. The van der Waals surface area contributed by atoms with Gasteiger partial charge in [-0.1, -0.05) is 19.9 Å². The number of aliphatic hydroxyl groups is 2. The predicted octanol–water partition coefficient (Wildman–Crippen LogP) is 2.06. The van der Waals surface area contributed by atoms with Crippen molar-refractivity contribution in [2.45, 2.75) is 38.9 Å². The highest BCUT2D eigenvalue weighted by Crippen LogP contribution is 2.15. The van der Waals surface area contributed by atoms with Crippen LogP contribution in [0.4, 0.5) is 0 Å². The van der Waals surface area contributed by atoms with E-state index >= 15 is 0 Å². The van der Waals surface area contributed by atoms with Crippen molar-refractivity contribution in [2.24, 2.45) is 5.92 Å². The van der Waals surface area contributed by atoms with Gasteiger partial charge in [0.05, 0.1) is 12.2 Å². The maximum absolute atomic E-state index is 9.64. The Morgan fingerprint density at radius 3 is 2.57 bits per heavy atom. The summed E-state index contributed by atoms with van der Waals surface area (Å²) in [6.07, 6.45) is 0.287. The molecule has 0 radical (unpaired) electrons. The van der Waals surface area contributed by atoms with Crippen LogP contribution in [0.2, 0.25) is 0 Å². The fraction of sp³-hybridized carbons (Fsp3) is 0.636. The molecule has 0 aromatic carbocycles. The van der Waals surface area contributed by atoms with Crippen molar-refractivity contribution in [3.8, 4) is 0 Å². The quantitative estimate of drug-likeness (QED) is 0.787. The summed E-state index contributed by atoms with van der Waals surface area (Å²) in [6.45, 7) is 3.83. The highest BCUT2D eigenvalue weighted by atomic mass is 32.1. The van der Waals surface area contributed by atoms with Gasteiger partial charge in [-0.25, -0.2) is 0 Å². The van der Waals surface area contributed by atoms with Crippen molar-refractivity contribution in [2.75, 3.05) is 0 Å². The monoisotopic (exact) mass is 214 g/mol. The Labute approximate surface area is 89.2 Å². The lowest BCUT2D eigenvalue weighted by Gasteiger charge is -2.20. The number of aryl methyl sites for hydroxylation is 1. The van der Waals surface area contributed by atoms with Crippen molar-refractivity contribution < 1.29 is 10.2 Å². The van der Waals surface area contributed by atoms with Crippen LogP contribution in [0.1, 0.15) is 25.1 Å². The Hall–Kier alpha value is -0.380. The Bertz CT molecular complexity index is 244. The number of thiophene rings is 1. The molecule has 1 aromatic heterocycles. The minimum atomic E-state index is -0.602. The van der Waals surface area contributed by atoms with Gasteiger partial charge in [0.2, 0.25) is 0 Å². The van der Waals surface area contributed by atoms with Gasteiger partial charge in [0, 0.05) is 4.88 Å². The molecule has 2 N–H and O–H groups in total. The molecule has 0 spiro atoms. The largest absolute Gasteiger partial charge is 0.390 e. The van der Waals surface area contributed by atoms with Crippen LogP contribution in [0.5, 0.6) is 0 Å². The maximum Gasteiger partial charge on any atom is 0.0822 e. The normalized spacial score (nSPS) is 15.8. The van der Waals surface area contributed by atoms with E-state index in [1.165, 1.54) is 4.88 Å². The second-order valence-corrected chi connectivity index (χ2v) is 4.95. The van der Waals surface area contributed by atoms with E-state index in [9.17, 15) is 10.2 Å². The molecule has 0 saturated carbocycles. The molecule has 0 aliphatic heterocycles. The molecule has 2 unspecified atom stereocenters. The van der Waals surface area contributed by atoms with E-state index in [2.05, 4.69) is 6.07 Å². The highest BCUT2D eigenvalue weighted by Gasteiger charge is 2.19. The molecule has 14 heavy (non-hydrogen) atoms. The standard InChI is InChI=1S/C11H18O2S/c1-8(2)11(13)10(12)6-5-9-4-3-7-14-9/h3-4,7-8,10-13H,5-6H2,1-2H3. The van der Waals surface area contributed by atoms with Gasteiger partial charge in [0.15, 0.2) is 0 Å². The molecule has 80 valence electrons. The zero-order valence-corrected chi connectivity index (χ0v) is 9.50. The van der Waals surface area contributed by atoms with Crippen LogP contribution < -0.4 is 0 Å². The van der Waals surface area contributed by atoms with Gasteiger partial charge < -0.3 is 10.2 Å². The van der Waals surface area contributed by atoms with Crippen LogP contribution in [0, 0.1) is 5.92 Å². The van der Waals surface area contributed by atoms with Crippen molar-refractivity contribution in [3.05, 3.63) is 22.4 Å². The summed E-state index contributed by atoms with van der Waals surface area (Å²) in [5, 5.41) is 21.2. The van der Waals surface area contributed by atoms with E-state index < -0.39 is 12.2 Å². The molecular weight excluding hydrogens is 196 g/mol. The van der Waals surface area contributed by atoms with E-state index in [0.29, 0.717) is 6.42 Å². The highest BCUT2D eigenvalue weighted by molar-refractivity contribution is 7.09. The summed E-state index contributed by atoms with van der Waals surface area (Å²) < 4.78 is 0.